The zero-order valence-corrected chi connectivity index (χ0v) is 14.6. The van der Waals surface area contributed by atoms with E-state index in [1.165, 1.54) is 0 Å². The van der Waals surface area contributed by atoms with Gasteiger partial charge in [-0.05, 0) is 6.92 Å². The Morgan fingerprint density at radius 3 is 2.80 bits per heavy atom. The third-order valence-electron chi connectivity index (χ3n) is 4.42. The molecule has 6 nitrogen and oxygen atoms in total. The molecular formula is C18H18ClN5O. The van der Waals surface area contributed by atoms with E-state index < -0.39 is 0 Å². The number of benzene rings is 1. The Labute approximate surface area is 149 Å². The summed E-state index contributed by atoms with van der Waals surface area (Å²) in [5.41, 5.74) is 3.46. The number of hydrogen-bond donors (Lipinski definition) is 2. The van der Waals surface area contributed by atoms with Crippen LogP contribution in [0, 0.1) is 6.92 Å². The number of hydrogen-bond acceptors (Lipinski definition) is 4. The van der Waals surface area contributed by atoms with Crippen LogP contribution in [0.3, 0.4) is 0 Å². The first kappa shape index (κ1) is 16.1. The van der Waals surface area contributed by atoms with Crippen molar-refractivity contribution in [3.63, 3.8) is 0 Å². The second kappa shape index (κ2) is 6.46. The van der Waals surface area contributed by atoms with E-state index in [4.69, 9.17) is 11.6 Å². The molecule has 0 saturated heterocycles. The summed E-state index contributed by atoms with van der Waals surface area (Å²) in [6.07, 6.45) is 0.761. The van der Waals surface area contributed by atoms with Crippen molar-refractivity contribution in [3.05, 3.63) is 68.6 Å². The van der Waals surface area contributed by atoms with Gasteiger partial charge in [-0.15, -0.1) is 0 Å². The molecule has 0 bridgehead atoms. The van der Waals surface area contributed by atoms with E-state index in [-0.39, 0.29) is 5.56 Å². The molecule has 0 saturated carbocycles. The molecular weight excluding hydrogens is 338 g/mol. The third-order valence-corrected chi connectivity index (χ3v) is 4.74. The molecule has 0 amide bonds. The minimum absolute atomic E-state index is 0.0483. The van der Waals surface area contributed by atoms with Gasteiger partial charge in [0.25, 0.3) is 5.56 Å². The SMILES string of the molecule is Cc1nc2c(c(=O)[nH]1)CN(Cc1[nH]c(-c3ccccc3)nc1Cl)CC2. The van der Waals surface area contributed by atoms with Crippen molar-refractivity contribution in [3.8, 4) is 11.4 Å². The molecule has 0 spiro atoms. The highest BCUT2D eigenvalue weighted by Gasteiger charge is 2.22. The summed E-state index contributed by atoms with van der Waals surface area (Å²) in [6.45, 7) is 3.82. The highest BCUT2D eigenvalue weighted by Crippen LogP contribution is 2.24. The zero-order valence-electron chi connectivity index (χ0n) is 13.8. The molecule has 0 radical (unpaired) electrons. The summed E-state index contributed by atoms with van der Waals surface area (Å²) in [5, 5.41) is 0.473. The van der Waals surface area contributed by atoms with E-state index >= 15 is 0 Å². The number of aromatic nitrogens is 4. The van der Waals surface area contributed by atoms with Gasteiger partial charge in [-0.25, -0.2) is 9.97 Å². The molecule has 0 atom stereocenters. The zero-order chi connectivity index (χ0) is 17.4. The fourth-order valence-corrected chi connectivity index (χ4v) is 3.38. The smallest absolute Gasteiger partial charge is 0.255 e. The van der Waals surface area contributed by atoms with Gasteiger partial charge in [0.1, 0.15) is 11.6 Å². The maximum atomic E-state index is 12.2. The summed E-state index contributed by atoms with van der Waals surface area (Å²) < 4.78 is 0. The monoisotopic (exact) mass is 355 g/mol. The summed E-state index contributed by atoms with van der Waals surface area (Å²) in [4.78, 5) is 29.3. The van der Waals surface area contributed by atoms with E-state index in [0.717, 1.165) is 41.3 Å². The molecule has 7 heteroatoms. The van der Waals surface area contributed by atoms with Crippen LogP contribution >= 0.6 is 11.6 Å². The number of halogens is 1. The van der Waals surface area contributed by atoms with E-state index in [1.807, 2.05) is 37.3 Å². The van der Waals surface area contributed by atoms with Crippen LogP contribution in [-0.4, -0.2) is 31.4 Å². The average Bonchev–Trinajstić information content (AvgIpc) is 2.97. The van der Waals surface area contributed by atoms with Crippen molar-refractivity contribution >= 4 is 11.6 Å². The van der Waals surface area contributed by atoms with Gasteiger partial charge in [0, 0.05) is 31.6 Å². The predicted molar refractivity (Wildman–Crippen MR) is 96.4 cm³/mol. The van der Waals surface area contributed by atoms with Gasteiger partial charge in [0.05, 0.1) is 17.0 Å². The van der Waals surface area contributed by atoms with Crippen molar-refractivity contribution in [2.75, 3.05) is 6.54 Å². The van der Waals surface area contributed by atoms with Crippen molar-refractivity contribution in [1.82, 2.24) is 24.8 Å². The lowest BCUT2D eigenvalue weighted by molar-refractivity contribution is 0.239. The van der Waals surface area contributed by atoms with E-state index in [9.17, 15) is 4.79 Å². The second-order valence-corrected chi connectivity index (χ2v) is 6.62. The molecule has 128 valence electrons. The molecule has 2 N–H and O–H groups in total. The number of H-pyrrole nitrogens is 2. The number of aryl methyl sites for hydroxylation is 1. The molecule has 1 aliphatic heterocycles. The fourth-order valence-electron chi connectivity index (χ4n) is 3.19. The van der Waals surface area contributed by atoms with Gasteiger partial charge in [-0.1, -0.05) is 41.9 Å². The van der Waals surface area contributed by atoms with Gasteiger partial charge >= 0.3 is 0 Å². The molecule has 3 heterocycles. The van der Waals surface area contributed by atoms with Gasteiger partial charge in [0.2, 0.25) is 0 Å². The molecule has 0 fully saturated rings. The maximum Gasteiger partial charge on any atom is 0.255 e. The van der Waals surface area contributed by atoms with E-state index in [0.29, 0.717) is 24.1 Å². The normalized spacial score (nSPS) is 14.5. The summed E-state index contributed by atoms with van der Waals surface area (Å²) in [5.74, 6) is 1.43. The third kappa shape index (κ3) is 3.23. The Morgan fingerprint density at radius 2 is 2.00 bits per heavy atom. The minimum Gasteiger partial charge on any atom is -0.339 e. The van der Waals surface area contributed by atoms with Crippen molar-refractivity contribution in [2.24, 2.45) is 0 Å². The lowest BCUT2D eigenvalue weighted by Crippen LogP contribution is -2.35. The number of aromatic amines is 2. The van der Waals surface area contributed by atoms with Crippen LogP contribution < -0.4 is 5.56 Å². The molecule has 0 aliphatic carbocycles. The summed E-state index contributed by atoms with van der Waals surface area (Å²) in [7, 11) is 0. The van der Waals surface area contributed by atoms with Gasteiger partial charge in [-0.2, -0.15) is 0 Å². The largest absolute Gasteiger partial charge is 0.339 e. The molecule has 2 aromatic heterocycles. The number of nitrogens with zero attached hydrogens (tertiary/aromatic N) is 3. The molecule has 1 aliphatic rings. The first-order chi connectivity index (χ1) is 12.1. The topological polar surface area (TPSA) is 77.7 Å². The Balaban J connectivity index is 1.56. The van der Waals surface area contributed by atoms with Crippen molar-refractivity contribution < 1.29 is 0 Å². The molecule has 0 unspecified atom stereocenters. The van der Waals surface area contributed by atoms with Crippen LogP contribution in [0.4, 0.5) is 0 Å². The van der Waals surface area contributed by atoms with Gasteiger partial charge in [-0.3, -0.25) is 9.69 Å². The van der Waals surface area contributed by atoms with Crippen molar-refractivity contribution in [1.29, 1.82) is 0 Å². The highest BCUT2D eigenvalue weighted by atomic mass is 35.5. The number of imidazole rings is 1. The number of fused-ring (bicyclic) bond motifs is 1. The predicted octanol–water partition coefficient (Wildman–Crippen LogP) is 2.68. The van der Waals surface area contributed by atoms with Crippen LogP contribution in [0.15, 0.2) is 35.1 Å². The number of rotatable bonds is 3. The van der Waals surface area contributed by atoms with Crippen LogP contribution in [0.5, 0.6) is 0 Å². The van der Waals surface area contributed by atoms with Crippen LogP contribution in [0.1, 0.15) is 22.8 Å². The molecule has 4 rings (SSSR count). The van der Waals surface area contributed by atoms with E-state index in [2.05, 4.69) is 24.8 Å². The first-order valence-corrected chi connectivity index (χ1v) is 8.59. The maximum absolute atomic E-state index is 12.2. The Bertz CT molecular complexity index is 963. The molecule has 3 aromatic rings. The van der Waals surface area contributed by atoms with E-state index in [1.54, 1.807) is 0 Å². The Hall–Kier alpha value is -2.44. The van der Waals surface area contributed by atoms with Crippen LogP contribution in [0.25, 0.3) is 11.4 Å². The van der Waals surface area contributed by atoms with Gasteiger partial charge < -0.3 is 9.97 Å². The lowest BCUT2D eigenvalue weighted by Gasteiger charge is -2.27. The van der Waals surface area contributed by atoms with Crippen molar-refractivity contribution in [2.45, 2.75) is 26.4 Å². The fraction of sp³-hybridized carbons (Fsp3) is 0.278. The van der Waals surface area contributed by atoms with Gasteiger partial charge in [0.15, 0.2) is 5.15 Å². The average molecular weight is 356 g/mol. The first-order valence-electron chi connectivity index (χ1n) is 8.21. The van der Waals surface area contributed by atoms with Crippen LogP contribution in [-0.2, 0) is 19.5 Å². The second-order valence-electron chi connectivity index (χ2n) is 6.26. The summed E-state index contributed by atoms with van der Waals surface area (Å²) in [6, 6.07) is 9.88. The minimum atomic E-state index is -0.0483. The standard InChI is InChI=1S/C18H18ClN5O/c1-11-20-14-7-8-24(9-13(14)18(25)21-11)10-15-16(19)23-17(22-15)12-5-3-2-4-6-12/h2-6H,7-10H2,1H3,(H,22,23)(H,20,21,25). The summed E-state index contributed by atoms with van der Waals surface area (Å²) >= 11 is 6.32. The molecule has 1 aromatic carbocycles. The number of nitrogens with one attached hydrogen (secondary N) is 2. The van der Waals surface area contributed by atoms with Crippen LogP contribution in [0.2, 0.25) is 5.15 Å². The Kier molecular flexibility index (Phi) is 4.15. The Morgan fingerprint density at radius 1 is 1.20 bits per heavy atom. The highest BCUT2D eigenvalue weighted by molar-refractivity contribution is 6.30. The quantitative estimate of drug-likeness (QED) is 0.757. The lowest BCUT2D eigenvalue weighted by atomic mass is 10.1. The molecule has 25 heavy (non-hydrogen) atoms.